The van der Waals surface area contributed by atoms with Crippen LogP contribution >= 0.6 is 11.6 Å². The van der Waals surface area contributed by atoms with Crippen LogP contribution in [-0.4, -0.2) is 60.0 Å². The fraction of sp³-hybridized carbons (Fsp3) is 0.417. The van der Waals surface area contributed by atoms with Crippen molar-refractivity contribution in [3.8, 4) is 11.3 Å². The summed E-state index contributed by atoms with van der Waals surface area (Å²) in [6.07, 6.45) is 2.20. The van der Waals surface area contributed by atoms with Gasteiger partial charge in [-0.3, -0.25) is 14.4 Å². The Kier molecular flexibility index (Phi) is 7.57. The summed E-state index contributed by atoms with van der Waals surface area (Å²) in [6, 6.07) is 16.0. The van der Waals surface area contributed by atoms with Gasteiger partial charge in [0.05, 0.1) is 18.7 Å². The normalized spacial score (nSPS) is 14.7. The van der Waals surface area contributed by atoms with E-state index in [1.807, 2.05) is 41.1 Å². The third kappa shape index (κ3) is 5.85. The average molecular weight is 441 g/mol. The highest BCUT2D eigenvalue weighted by atomic mass is 35.5. The molecule has 1 fully saturated rings. The quantitative estimate of drug-likeness (QED) is 0.511. The number of carbonyl (C=O) groups excluding carboxylic acids is 1. The van der Waals surface area contributed by atoms with E-state index in [-0.39, 0.29) is 5.91 Å². The van der Waals surface area contributed by atoms with Crippen LogP contribution in [-0.2, 0) is 16.1 Å². The van der Waals surface area contributed by atoms with Gasteiger partial charge >= 0.3 is 0 Å². The van der Waals surface area contributed by atoms with Gasteiger partial charge in [0.15, 0.2) is 0 Å². The van der Waals surface area contributed by atoms with Crippen LogP contribution in [0.2, 0.25) is 5.02 Å². The molecule has 1 aromatic heterocycles. The third-order valence-electron chi connectivity index (χ3n) is 5.61. The number of amides is 1. The van der Waals surface area contributed by atoms with Crippen molar-refractivity contribution in [2.24, 2.45) is 0 Å². The standard InChI is InChI=1S/C24H29ClN4O2/c25-20-9-10-22-21(18-20)24(19-6-2-1-3-7-19)27-29(22)13-4-8-23(30)26-11-5-12-28-14-16-31-17-15-28/h1-3,6-7,9-10,18H,4-5,8,11-17H2,(H,26,30). The molecule has 0 radical (unpaired) electrons. The monoisotopic (exact) mass is 440 g/mol. The zero-order valence-electron chi connectivity index (χ0n) is 17.7. The molecule has 0 saturated carbocycles. The Labute approximate surface area is 188 Å². The maximum atomic E-state index is 12.2. The van der Waals surface area contributed by atoms with E-state index in [0.717, 1.165) is 74.4 Å². The predicted octanol–water partition coefficient (Wildman–Crippen LogP) is 3.98. The van der Waals surface area contributed by atoms with Crippen molar-refractivity contribution < 1.29 is 9.53 Å². The molecule has 2 aromatic carbocycles. The lowest BCUT2D eigenvalue weighted by Gasteiger charge is -2.26. The van der Waals surface area contributed by atoms with Crippen molar-refractivity contribution in [2.45, 2.75) is 25.8 Å². The van der Waals surface area contributed by atoms with Gasteiger partial charge in [0.1, 0.15) is 5.69 Å². The number of aromatic nitrogens is 2. The summed E-state index contributed by atoms with van der Waals surface area (Å²) in [5.41, 5.74) is 3.02. The molecule has 0 aliphatic carbocycles. The minimum atomic E-state index is 0.102. The summed E-state index contributed by atoms with van der Waals surface area (Å²) in [5, 5.41) is 9.60. The van der Waals surface area contributed by atoms with Crippen molar-refractivity contribution in [2.75, 3.05) is 39.4 Å². The molecule has 0 bridgehead atoms. The number of nitrogens with one attached hydrogen (secondary N) is 1. The van der Waals surface area contributed by atoms with Crippen molar-refractivity contribution in [1.29, 1.82) is 0 Å². The van der Waals surface area contributed by atoms with Gasteiger partial charge in [-0.15, -0.1) is 0 Å². The van der Waals surface area contributed by atoms with Crippen LogP contribution in [0.3, 0.4) is 0 Å². The lowest BCUT2D eigenvalue weighted by Crippen LogP contribution is -2.38. The molecular formula is C24H29ClN4O2. The first-order chi connectivity index (χ1) is 15.2. The zero-order valence-corrected chi connectivity index (χ0v) is 18.5. The fourth-order valence-electron chi connectivity index (χ4n) is 3.96. The Bertz CT molecular complexity index is 999. The maximum absolute atomic E-state index is 12.2. The number of ether oxygens (including phenoxy) is 1. The SMILES string of the molecule is O=C(CCCn1nc(-c2ccccc2)c2cc(Cl)ccc21)NCCCN1CCOCC1. The molecule has 1 saturated heterocycles. The van der Waals surface area contributed by atoms with Gasteiger partial charge in [0.2, 0.25) is 5.91 Å². The minimum Gasteiger partial charge on any atom is -0.379 e. The smallest absolute Gasteiger partial charge is 0.220 e. The molecule has 1 aliphatic rings. The van der Waals surface area contributed by atoms with Gasteiger partial charge in [0, 0.05) is 48.6 Å². The van der Waals surface area contributed by atoms with Crippen LogP contribution in [0, 0.1) is 0 Å². The van der Waals surface area contributed by atoms with E-state index in [1.54, 1.807) is 0 Å². The second-order valence-electron chi connectivity index (χ2n) is 7.86. The lowest BCUT2D eigenvalue weighted by molar-refractivity contribution is -0.121. The molecular weight excluding hydrogens is 412 g/mol. The van der Waals surface area contributed by atoms with Crippen LogP contribution in [0.4, 0.5) is 0 Å². The van der Waals surface area contributed by atoms with Crippen molar-refractivity contribution in [3.63, 3.8) is 0 Å². The van der Waals surface area contributed by atoms with Crippen LogP contribution in [0.15, 0.2) is 48.5 Å². The average Bonchev–Trinajstić information content (AvgIpc) is 3.15. The van der Waals surface area contributed by atoms with Crippen molar-refractivity contribution >= 4 is 28.4 Å². The maximum Gasteiger partial charge on any atom is 0.220 e. The van der Waals surface area contributed by atoms with Crippen LogP contribution in [0.5, 0.6) is 0 Å². The van der Waals surface area contributed by atoms with E-state index in [1.165, 1.54) is 0 Å². The summed E-state index contributed by atoms with van der Waals surface area (Å²) >= 11 is 6.24. The van der Waals surface area contributed by atoms with Crippen molar-refractivity contribution in [1.82, 2.24) is 20.0 Å². The number of halogens is 1. The van der Waals surface area contributed by atoms with Gasteiger partial charge in [-0.2, -0.15) is 5.10 Å². The third-order valence-corrected chi connectivity index (χ3v) is 5.85. The number of morpholine rings is 1. The summed E-state index contributed by atoms with van der Waals surface area (Å²) < 4.78 is 7.34. The number of aryl methyl sites for hydroxylation is 1. The number of rotatable bonds is 9. The highest BCUT2D eigenvalue weighted by Gasteiger charge is 2.13. The number of hydrogen-bond donors (Lipinski definition) is 1. The summed E-state index contributed by atoms with van der Waals surface area (Å²) in [7, 11) is 0. The van der Waals surface area contributed by atoms with Gasteiger partial charge in [0.25, 0.3) is 0 Å². The number of fused-ring (bicyclic) bond motifs is 1. The van der Waals surface area contributed by atoms with Gasteiger partial charge in [-0.1, -0.05) is 41.9 Å². The minimum absolute atomic E-state index is 0.102. The number of benzene rings is 2. The first-order valence-corrected chi connectivity index (χ1v) is 11.4. The Hall–Kier alpha value is -2.41. The first-order valence-electron chi connectivity index (χ1n) is 11.0. The van der Waals surface area contributed by atoms with E-state index in [4.69, 9.17) is 21.4 Å². The van der Waals surface area contributed by atoms with E-state index < -0.39 is 0 Å². The molecule has 1 amide bonds. The molecule has 2 heterocycles. The highest BCUT2D eigenvalue weighted by molar-refractivity contribution is 6.31. The number of carbonyl (C=O) groups is 1. The summed E-state index contributed by atoms with van der Waals surface area (Å²) in [6.45, 7) is 6.01. The topological polar surface area (TPSA) is 59.4 Å². The van der Waals surface area contributed by atoms with E-state index in [2.05, 4.69) is 22.3 Å². The number of nitrogens with zero attached hydrogens (tertiary/aromatic N) is 3. The van der Waals surface area contributed by atoms with Crippen molar-refractivity contribution in [3.05, 3.63) is 53.6 Å². The molecule has 0 unspecified atom stereocenters. The Morgan fingerprint density at radius 2 is 1.87 bits per heavy atom. The second-order valence-corrected chi connectivity index (χ2v) is 8.30. The molecule has 4 rings (SSSR count). The van der Waals surface area contributed by atoms with E-state index in [9.17, 15) is 4.79 Å². The Morgan fingerprint density at radius 3 is 2.68 bits per heavy atom. The van der Waals surface area contributed by atoms with Gasteiger partial charge < -0.3 is 10.1 Å². The Morgan fingerprint density at radius 1 is 1.06 bits per heavy atom. The van der Waals surface area contributed by atoms with Crippen LogP contribution < -0.4 is 5.32 Å². The molecule has 0 atom stereocenters. The molecule has 31 heavy (non-hydrogen) atoms. The van der Waals surface area contributed by atoms with E-state index in [0.29, 0.717) is 18.0 Å². The summed E-state index contributed by atoms with van der Waals surface area (Å²) in [4.78, 5) is 14.6. The molecule has 164 valence electrons. The largest absolute Gasteiger partial charge is 0.379 e. The molecule has 6 nitrogen and oxygen atoms in total. The molecule has 3 aromatic rings. The van der Waals surface area contributed by atoms with Crippen LogP contribution in [0.25, 0.3) is 22.2 Å². The molecule has 1 aliphatic heterocycles. The van der Waals surface area contributed by atoms with E-state index >= 15 is 0 Å². The molecule has 0 spiro atoms. The highest BCUT2D eigenvalue weighted by Crippen LogP contribution is 2.30. The van der Waals surface area contributed by atoms with Crippen LogP contribution in [0.1, 0.15) is 19.3 Å². The van der Waals surface area contributed by atoms with Gasteiger partial charge in [-0.25, -0.2) is 0 Å². The second kappa shape index (κ2) is 10.8. The zero-order chi connectivity index (χ0) is 21.5. The summed E-state index contributed by atoms with van der Waals surface area (Å²) in [5.74, 6) is 0.102. The van der Waals surface area contributed by atoms with Gasteiger partial charge in [-0.05, 0) is 37.6 Å². The lowest BCUT2D eigenvalue weighted by atomic mass is 10.1. The predicted molar refractivity (Wildman–Crippen MR) is 124 cm³/mol. The Balaban J connectivity index is 1.29. The fourth-order valence-corrected chi connectivity index (χ4v) is 4.14. The first kappa shape index (κ1) is 21.8. The number of hydrogen-bond acceptors (Lipinski definition) is 4. The molecule has 7 heteroatoms. The molecule has 1 N–H and O–H groups in total.